The largest absolute Gasteiger partial charge is 0.0884 e. The second-order valence-corrected chi connectivity index (χ2v) is 12.4. The number of unbranched alkanes of at least 4 members (excludes halogenated alkanes) is 1. The predicted octanol–water partition coefficient (Wildman–Crippen LogP) is 8.37. The first-order valence-corrected chi connectivity index (χ1v) is 13.3. The molecular formula is C28H47B. The Morgan fingerprint density at radius 2 is 1.83 bits per heavy atom. The van der Waals surface area contributed by atoms with Crippen LogP contribution in [-0.2, 0) is 0 Å². The number of allylic oxidation sites excluding steroid dienone is 2. The molecule has 0 amide bonds. The smallest absolute Gasteiger partial charge is 0.0653 e. The van der Waals surface area contributed by atoms with Crippen molar-refractivity contribution in [1.29, 1.82) is 0 Å². The van der Waals surface area contributed by atoms with Crippen LogP contribution in [-0.4, -0.2) is 7.85 Å². The van der Waals surface area contributed by atoms with Crippen LogP contribution in [0.2, 0.25) is 6.32 Å². The summed E-state index contributed by atoms with van der Waals surface area (Å²) < 4.78 is 0. The Balaban J connectivity index is 1.44. The lowest BCUT2D eigenvalue weighted by molar-refractivity contribution is -0.0456. The molecule has 3 saturated carbocycles. The summed E-state index contributed by atoms with van der Waals surface area (Å²) >= 11 is 0. The third kappa shape index (κ3) is 4.03. The van der Waals surface area contributed by atoms with Gasteiger partial charge in [-0.2, -0.15) is 0 Å². The lowest BCUT2D eigenvalue weighted by Gasteiger charge is -2.58. The maximum Gasteiger partial charge on any atom is 0.0653 e. The maximum absolute atomic E-state index is 5.89. The van der Waals surface area contributed by atoms with E-state index >= 15 is 0 Å². The van der Waals surface area contributed by atoms with Crippen LogP contribution in [0, 0.1) is 46.3 Å². The molecule has 0 spiro atoms. The number of fused-ring (bicyclic) bond motifs is 5. The second kappa shape index (κ2) is 8.74. The van der Waals surface area contributed by atoms with Crippen molar-refractivity contribution in [3.63, 3.8) is 0 Å². The Kier molecular flexibility index (Phi) is 6.64. The quantitative estimate of drug-likeness (QED) is 0.231. The van der Waals surface area contributed by atoms with Crippen LogP contribution < -0.4 is 0 Å². The molecule has 4 aliphatic rings. The average molecular weight is 394 g/mol. The molecule has 0 aliphatic heterocycles. The first kappa shape index (κ1) is 22.0. The normalized spacial score (nSPS) is 44.2. The minimum atomic E-state index is 0.519. The van der Waals surface area contributed by atoms with Crippen molar-refractivity contribution in [2.24, 2.45) is 46.3 Å². The zero-order valence-corrected chi connectivity index (χ0v) is 20.0. The standard InChI is InChI=1S/C28H47B/c1-20(2)7-5-6-8-22-10-12-25-24-11-9-23-19-21(15-18-29)13-16-28(23,4)26(24)14-17-27(22,25)3/h9,20-22,24-26H,5-8,10-19H2,1-4H3. The van der Waals surface area contributed by atoms with E-state index in [1.807, 2.05) is 5.57 Å². The molecular weight excluding hydrogens is 347 g/mol. The zero-order chi connectivity index (χ0) is 20.6. The first-order chi connectivity index (χ1) is 13.9. The van der Waals surface area contributed by atoms with Crippen molar-refractivity contribution >= 4 is 7.85 Å². The van der Waals surface area contributed by atoms with Gasteiger partial charge in [0.05, 0.1) is 7.85 Å². The van der Waals surface area contributed by atoms with Crippen molar-refractivity contribution in [2.75, 3.05) is 0 Å². The van der Waals surface area contributed by atoms with Crippen LogP contribution in [0.15, 0.2) is 11.6 Å². The molecule has 0 aromatic rings. The van der Waals surface area contributed by atoms with Gasteiger partial charge in [0.15, 0.2) is 0 Å². The van der Waals surface area contributed by atoms with Crippen molar-refractivity contribution in [3.8, 4) is 0 Å². The molecule has 0 aromatic carbocycles. The zero-order valence-electron chi connectivity index (χ0n) is 20.0. The highest BCUT2D eigenvalue weighted by molar-refractivity contribution is 6.08. The minimum Gasteiger partial charge on any atom is -0.0884 e. The minimum absolute atomic E-state index is 0.519. The van der Waals surface area contributed by atoms with Crippen LogP contribution in [0.4, 0.5) is 0 Å². The van der Waals surface area contributed by atoms with Crippen LogP contribution in [0.5, 0.6) is 0 Å². The fourth-order valence-corrected chi connectivity index (χ4v) is 8.74. The van der Waals surface area contributed by atoms with E-state index in [2.05, 4.69) is 33.8 Å². The molecule has 1 heteroatoms. The van der Waals surface area contributed by atoms with Gasteiger partial charge in [0.25, 0.3) is 0 Å². The molecule has 29 heavy (non-hydrogen) atoms. The Morgan fingerprint density at radius 3 is 2.59 bits per heavy atom. The molecule has 162 valence electrons. The summed E-state index contributed by atoms with van der Waals surface area (Å²) in [7, 11) is 5.89. The van der Waals surface area contributed by atoms with Gasteiger partial charge in [0.2, 0.25) is 0 Å². The summed E-state index contributed by atoms with van der Waals surface area (Å²) in [6.07, 6.45) is 22.4. The van der Waals surface area contributed by atoms with Crippen molar-refractivity contribution in [1.82, 2.24) is 0 Å². The Bertz CT molecular complexity index is 591. The van der Waals surface area contributed by atoms with Crippen molar-refractivity contribution in [3.05, 3.63) is 11.6 Å². The Labute approximate surface area is 183 Å². The van der Waals surface area contributed by atoms with E-state index in [0.29, 0.717) is 10.8 Å². The average Bonchev–Trinajstić information content (AvgIpc) is 3.02. The number of hydrogen-bond acceptors (Lipinski definition) is 0. The van der Waals surface area contributed by atoms with Crippen LogP contribution in [0.1, 0.15) is 111 Å². The second-order valence-electron chi connectivity index (χ2n) is 12.4. The van der Waals surface area contributed by atoms with E-state index in [-0.39, 0.29) is 0 Å². The summed E-state index contributed by atoms with van der Waals surface area (Å²) in [4.78, 5) is 0. The third-order valence-corrected chi connectivity index (χ3v) is 10.6. The lowest BCUT2D eigenvalue weighted by atomic mass is 9.46. The van der Waals surface area contributed by atoms with Crippen LogP contribution in [0.25, 0.3) is 0 Å². The van der Waals surface area contributed by atoms with E-state index < -0.39 is 0 Å². The molecule has 0 N–H and O–H groups in total. The van der Waals surface area contributed by atoms with Gasteiger partial charge in [-0.3, -0.25) is 0 Å². The molecule has 0 saturated heterocycles. The summed E-state index contributed by atoms with van der Waals surface area (Å²) in [5.74, 6) is 5.72. The first-order valence-electron chi connectivity index (χ1n) is 13.3. The van der Waals surface area contributed by atoms with E-state index in [1.54, 1.807) is 0 Å². The van der Waals surface area contributed by atoms with Gasteiger partial charge in [-0.25, -0.2) is 0 Å². The molecule has 2 radical (unpaired) electrons. The van der Waals surface area contributed by atoms with Gasteiger partial charge < -0.3 is 0 Å². The van der Waals surface area contributed by atoms with E-state index in [4.69, 9.17) is 7.85 Å². The van der Waals surface area contributed by atoms with Gasteiger partial charge in [-0.15, -0.1) is 0 Å². The molecule has 0 bridgehead atoms. The number of rotatable bonds is 7. The molecule has 4 rings (SSSR count). The molecule has 3 fully saturated rings. The van der Waals surface area contributed by atoms with E-state index in [9.17, 15) is 0 Å². The monoisotopic (exact) mass is 394 g/mol. The third-order valence-electron chi connectivity index (χ3n) is 10.6. The number of hydrogen-bond donors (Lipinski definition) is 0. The summed E-state index contributed by atoms with van der Waals surface area (Å²) in [6.45, 7) is 10.1. The van der Waals surface area contributed by atoms with Crippen molar-refractivity contribution in [2.45, 2.75) is 117 Å². The van der Waals surface area contributed by atoms with Crippen molar-refractivity contribution < 1.29 is 0 Å². The summed E-state index contributed by atoms with van der Waals surface area (Å²) in [5.41, 5.74) is 3.01. The van der Waals surface area contributed by atoms with Crippen LogP contribution >= 0.6 is 0 Å². The van der Waals surface area contributed by atoms with Crippen LogP contribution in [0.3, 0.4) is 0 Å². The highest BCUT2D eigenvalue weighted by Crippen LogP contribution is 2.67. The van der Waals surface area contributed by atoms with E-state index in [0.717, 1.165) is 41.8 Å². The molecule has 7 atom stereocenters. The fraction of sp³-hybridized carbons (Fsp3) is 0.929. The SMILES string of the molecule is [B]CCC1CCC2(C)C(=CCC3C2CCC2(C)C(CCCCC(C)C)CCC32)C1. The summed E-state index contributed by atoms with van der Waals surface area (Å²) in [5, 5.41) is 0. The van der Waals surface area contributed by atoms with Gasteiger partial charge >= 0.3 is 0 Å². The van der Waals surface area contributed by atoms with Gasteiger partial charge in [-0.1, -0.05) is 71.3 Å². The topological polar surface area (TPSA) is 0 Å². The fourth-order valence-electron chi connectivity index (χ4n) is 8.74. The Morgan fingerprint density at radius 1 is 1.00 bits per heavy atom. The van der Waals surface area contributed by atoms with Gasteiger partial charge in [0.1, 0.15) is 0 Å². The highest BCUT2D eigenvalue weighted by Gasteiger charge is 2.58. The highest BCUT2D eigenvalue weighted by atomic mass is 14.6. The molecule has 0 nitrogen and oxygen atoms in total. The maximum atomic E-state index is 5.89. The van der Waals surface area contributed by atoms with E-state index in [1.165, 1.54) is 83.5 Å². The molecule has 0 aromatic heterocycles. The van der Waals surface area contributed by atoms with Gasteiger partial charge in [0, 0.05) is 0 Å². The predicted molar refractivity (Wildman–Crippen MR) is 127 cm³/mol. The molecule has 7 unspecified atom stereocenters. The molecule has 0 heterocycles. The Hall–Kier alpha value is -0.195. The molecule has 4 aliphatic carbocycles. The summed E-state index contributed by atoms with van der Waals surface area (Å²) in [6, 6.07) is 0. The van der Waals surface area contributed by atoms with Gasteiger partial charge in [-0.05, 0) is 104 Å². The lowest BCUT2D eigenvalue weighted by Crippen LogP contribution is -2.50.